The third kappa shape index (κ3) is 4.49. The summed E-state index contributed by atoms with van der Waals surface area (Å²) >= 11 is 0. The van der Waals surface area contributed by atoms with Gasteiger partial charge in [0.2, 0.25) is 0 Å². The summed E-state index contributed by atoms with van der Waals surface area (Å²) in [5, 5.41) is 0. The summed E-state index contributed by atoms with van der Waals surface area (Å²) in [6, 6.07) is 4.69. The van der Waals surface area contributed by atoms with Gasteiger partial charge in [0, 0.05) is 25.2 Å². The third-order valence-corrected chi connectivity index (χ3v) is 6.22. The number of rotatable bonds is 7. The van der Waals surface area contributed by atoms with Gasteiger partial charge in [-0.3, -0.25) is 18.2 Å². The molecule has 1 fully saturated rings. The number of amides is 1. The van der Waals surface area contributed by atoms with Crippen molar-refractivity contribution in [1.29, 1.82) is 0 Å². The second-order valence-corrected chi connectivity index (χ2v) is 8.46. The van der Waals surface area contributed by atoms with Crippen molar-refractivity contribution in [1.82, 2.24) is 4.90 Å². The molecule has 1 aliphatic heterocycles. The lowest BCUT2D eigenvalue weighted by Gasteiger charge is -2.38. The van der Waals surface area contributed by atoms with E-state index in [0.29, 0.717) is 37.3 Å². The Morgan fingerprint density at radius 2 is 1.77 bits per heavy atom. The number of hydrogen-bond acceptors (Lipinski definition) is 6. The number of nitrogens with zero attached hydrogens (tertiary/aromatic N) is 2. The summed E-state index contributed by atoms with van der Waals surface area (Å²) in [4.78, 5) is 26.8. The lowest BCUT2D eigenvalue weighted by Crippen LogP contribution is -2.33. The van der Waals surface area contributed by atoms with Crippen LogP contribution in [-0.2, 0) is 4.74 Å². The molecule has 0 aliphatic carbocycles. The highest BCUT2D eigenvalue weighted by molar-refractivity contribution is 8.25. The fourth-order valence-corrected chi connectivity index (χ4v) is 4.71. The van der Waals surface area contributed by atoms with Crippen molar-refractivity contribution in [3.05, 3.63) is 29.3 Å². The normalized spacial score (nSPS) is 17.0. The number of carbonyl (C=O) groups is 2. The minimum Gasteiger partial charge on any atom is -0.465 e. The highest BCUT2D eigenvalue weighted by Crippen LogP contribution is 2.51. The summed E-state index contributed by atoms with van der Waals surface area (Å²) in [5.41, 5.74) is 1.04. The van der Waals surface area contributed by atoms with Crippen LogP contribution in [0.5, 0.6) is 0 Å². The molecule has 0 saturated carbocycles. The minimum absolute atomic E-state index is 0.170. The molecule has 1 heterocycles. The maximum absolute atomic E-state index is 13.0. The predicted octanol–water partition coefficient (Wildman–Crippen LogP) is 3.61. The number of benzene rings is 1. The Hall–Kier alpha value is -1.77. The molecule has 1 aromatic rings. The predicted molar refractivity (Wildman–Crippen MR) is 104 cm³/mol. The molecule has 1 aliphatic rings. The van der Waals surface area contributed by atoms with E-state index in [2.05, 4.69) is 0 Å². The number of esters is 1. The largest absolute Gasteiger partial charge is 0.465 e. The molecule has 1 aromatic carbocycles. The maximum Gasteiger partial charge on any atom is 0.337 e. The van der Waals surface area contributed by atoms with Crippen LogP contribution in [-0.4, -0.2) is 58.4 Å². The molecule has 1 saturated heterocycles. The van der Waals surface area contributed by atoms with E-state index in [1.807, 2.05) is 13.8 Å². The van der Waals surface area contributed by atoms with Crippen LogP contribution in [0.15, 0.2) is 18.2 Å². The Labute approximate surface area is 156 Å². The monoisotopic (exact) mass is 384 g/mol. The van der Waals surface area contributed by atoms with Crippen molar-refractivity contribution in [3.63, 3.8) is 0 Å². The summed E-state index contributed by atoms with van der Waals surface area (Å²) in [6.07, 6.45) is 2.32. The summed E-state index contributed by atoms with van der Waals surface area (Å²) < 4.78 is 26.8. The molecule has 0 aromatic heterocycles. The molecule has 0 spiro atoms. The number of anilines is 1. The van der Waals surface area contributed by atoms with Crippen molar-refractivity contribution in [2.24, 2.45) is 0 Å². The summed E-state index contributed by atoms with van der Waals surface area (Å²) in [6.45, 7) is 5.73. The molecule has 2 N–H and O–H groups in total. The highest BCUT2D eigenvalue weighted by Gasteiger charge is 2.30. The SMILES string of the molecule is CCCN(CCC)C(=O)c1cc(C(=O)OC)cc(N2CCCS2(O)O)c1. The van der Waals surface area contributed by atoms with Crippen LogP contribution in [0.1, 0.15) is 53.8 Å². The number of methoxy groups -OCH3 is 1. The van der Waals surface area contributed by atoms with Gasteiger partial charge in [-0.15, -0.1) is 10.8 Å². The second kappa shape index (κ2) is 8.75. The Kier molecular flexibility index (Phi) is 6.91. The fraction of sp³-hybridized carbons (Fsp3) is 0.556. The molecular formula is C18H28N2O5S. The zero-order valence-corrected chi connectivity index (χ0v) is 16.4. The second-order valence-electron chi connectivity index (χ2n) is 6.34. The minimum atomic E-state index is -2.92. The zero-order valence-electron chi connectivity index (χ0n) is 15.6. The highest BCUT2D eigenvalue weighted by atomic mass is 32.3. The van der Waals surface area contributed by atoms with E-state index in [4.69, 9.17) is 4.74 Å². The van der Waals surface area contributed by atoms with Gasteiger partial charge in [0.15, 0.2) is 0 Å². The lowest BCUT2D eigenvalue weighted by molar-refractivity contribution is 0.0600. The van der Waals surface area contributed by atoms with Crippen molar-refractivity contribution >= 4 is 28.3 Å². The van der Waals surface area contributed by atoms with E-state index in [1.165, 1.54) is 17.5 Å². The first kappa shape index (κ1) is 20.5. The van der Waals surface area contributed by atoms with Crippen molar-refractivity contribution in [2.45, 2.75) is 33.1 Å². The van der Waals surface area contributed by atoms with Crippen molar-refractivity contribution in [3.8, 4) is 0 Å². The van der Waals surface area contributed by atoms with Gasteiger partial charge in [-0.05, 0) is 37.5 Å². The molecule has 0 radical (unpaired) electrons. The first-order valence-electron chi connectivity index (χ1n) is 8.90. The Bertz CT molecular complexity index is 659. The van der Waals surface area contributed by atoms with Gasteiger partial charge in [0.25, 0.3) is 5.91 Å². The van der Waals surface area contributed by atoms with E-state index in [9.17, 15) is 18.7 Å². The van der Waals surface area contributed by atoms with E-state index >= 15 is 0 Å². The quantitative estimate of drug-likeness (QED) is 0.698. The van der Waals surface area contributed by atoms with Gasteiger partial charge in [-0.2, -0.15) is 0 Å². The molecule has 7 nitrogen and oxygen atoms in total. The average Bonchev–Trinajstić information content (AvgIpc) is 2.99. The number of hydrogen-bond donors (Lipinski definition) is 2. The number of carbonyl (C=O) groups excluding carboxylic acids is 2. The van der Waals surface area contributed by atoms with Gasteiger partial charge < -0.3 is 9.64 Å². The molecule has 146 valence electrons. The first-order chi connectivity index (χ1) is 12.3. The van der Waals surface area contributed by atoms with Crippen LogP contribution < -0.4 is 4.31 Å². The summed E-state index contributed by atoms with van der Waals surface area (Å²) in [5.74, 6) is -0.443. The van der Waals surface area contributed by atoms with E-state index in [1.54, 1.807) is 17.0 Å². The Morgan fingerprint density at radius 1 is 1.15 bits per heavy atom. The van der Waals surface area contributed by atoms with E-state index in [-0.39, 0.29) is 17.2 Å². The Balaban J connectivity index is 2.46. The van der Waals surface area contributed by atoms with E-state index in [0.717, 1.165) is 12.8 Å². The molecule has 1 amide bonds. The number of ether oxygens (including phenoxy) is 1. The topological polar surface area (TPSA) is 90.3 Å². The lowest BCUT2D eigenvalue weighted by atomic mass is 10.1. The van der Waals surface area contributed by atoms with Crippen LogP contribution in [0.3, 0.4) is 0 Å². The molecule has 0 unspecified atom stereocenters. The smallest absolute Gasteiger partial charge is 0.337 e. The van der Waals surface area contributed by atoms with Crippen LogP contribution in [0.2, 0.25) is 0 Å². The van der Waals surface area contributed by atoms with Crippen LogP contribution in [0.4, 0.5) is 5.69 Å². The van der Waals surface area contributed by atoms with E-state index < -0.39 is 16.7 Å². The summed E-state index contributed by atoms with van der Waals surface area (Å²) in [7, 11) is -1.64. The third-order valence-electron chi connectivity index (χ3n) is 4.28. The van der Waals surface area contributed by atoms with Crippen LogP contribution in [0, 0.1) is 0 Å². The average molecular weight is 384 g/mol. The molecular weight excluding hydrogens is 356 g/mol. The zero-order chi connectivity index (χ0) is 19.3. The molecule has 0 bridgehead atoms. The van der Waals surface area contributed by atoms with Gasteiger partial charge in [-0.25, -0.2) is 4.79 Å². The first-order valence-corrected chi connectivity index (χ1v) is 10.6. The van der Waals surface area contributed by atoms with Crippen LogP contribution >= 0.6 is 10.8 Å². The molecule has 26 heavy (non-hydrogen) atoms. The van der Waals surface area contributed by atoms with Gasteiger partial charge >= 0.3 is 5.97 Å². The van der Waals surface area contributed by atoms with Gasteiger partial charge in [-0.1, -0.05) is 13.8 Å². The maximum atomic E-state index is 13.0. The molecule has 2 rings (SSSR count). The van der Waals surface area contributed by atoms with Gasteiger partial charge in [0.05, 0.1) is 24.1 Å². The van der Waals surface area contributed by atoms with Crippen molar-refractivity contribution in [2.75, 3.05) is 36.8 Å². The standard InChI is InChI=1S/C18H28N2O5S/c1-4-7-19(8-5-2)17(21)14-11-15(18(22)25-3)13-16(12-14)20-9-6-10-26(20,23)24/h11-13,23-24H,4-10H2,1-3H3. The van der Waals surface area contributed by atoms with Crippen molar-refractivity contribution < 1.29 is 23.4 Å². The fourth-order valence-electron chi connectivity index (χ4n) is 3.11. The van der Waals surface area contributed by atoms with Gasteiger partial charge in [0.1, 0.15) is 0 Å². The molecule has 8 heteroatoms. The van der Waals surface area contributed by atoms with Crippen LogP contribution in [0.25, 0.3) is 0 Å². The Morgan fingerprint density at radius 3 is 2.27 bits per heavy atom. The molecule has 0 atom stereocenters.